The number of carbonyl (C=O) groups excluding carboxylic acids is 2. The number of anilines is 1. The summed E-state index contributed by atoms with van der Waals surface area (Å²) >= 11 is 0. The number of amides is 1. The van der Waals surface area contributed by atoms with Gasteiger partial charge in [-0.25, -0.2) is 14.0 Å². The van der Waals surface area contributed by atoms with Crippen LogP contribution in [0, 0.1) is 5.82 Å². The zero-order chi connectivity index (χ0) is 17.1. The van der Waals surface area contributed by atoms with Gasteiger partial charge in [0.2, 0.25) is 0 Å². The zero-order valence-corrected chi connectivity index (χ0v) is 12.9. The third kappa shape index (κ3) is 3.50. The Labute approximate surface area is 131 Å². The molecule has 0 N–H and O–H groups in total. The van der Waals surface area contributed by atoms with Crippen molar-refractivity contribution in [3.05, 3.63) is 40.6 Å². The van der Waals surface area contributed by atoms with Crippen molar-refractivity contribution in [2.24, 2.45) is 0 Å². The van der Waals surface area contributed by atoms with Gasteiger partial charge < -0.3 is 0 Å². The molecule has 23 heavy (non-hydrogen) atoms. The topological polar surface area (TPSA) is 90.1 Å². The highest BCUT2D eigenvalue weighted by molar-refractivity contribution is 5.93. The molecule has 0 bridgehead atoms. The van der Waals surface area contributed by atoms with Gasteiger partial charge >= 0.3 is 11.7 Å². The van der Waals surface area contributed by atoms with E-state index in [1.54, 1.807) is 13.8 Å². The SMILES string of the molecule is CC(=O)Cn1nnn(C(=O)N(c2ccc(F)cc2)C(C)C)c1=O. The number of nitrogens with zero attached hydrogens (tertiary/aromatic N) is 5. The van der Waals surface area contributed by atoms with E-state index in [-0.39, 0.29) is 18.4 Å². The minimum atomic E-state index is -0.807. The van der Waals surface area contributed by atoms with E-state index < -0.39 is 17.5 Å². The van der Waals surface area contributed by atoms with E-state index in [2.05, 4.69) is 10.4 Å². The second-order valence-electron chi connectivity index (χ2n) is 5.26. The van der Waals surface area contributed by atoms with E-state index >= 15 is 0 Å². The highest BCUT2D eigenvalue weighted by Crippen LogP contribution is 2.18. The molecule has 0 aliphatic heterocycles. The van der Waals surface area contributed by atoms with Crippen LogP contribution in [-0.4, -0.2) is 37.6 Å². The molecule has 1 heterocycles. The first kappa shape index (κ1) is 16.5. The standard InChI is InChI=1S/C14H16FN5O3/c1-9(2)19(12-6-4-11(15)5-7-12)14(23)20-13(22)18(16-17-20)8-10(3)21/h4-7,9H,8H2,1-3H3. The predicted molar refractivity (Wildman–Crippen MR) is 79.8 cm³/mol. The van der Waals surface area contributed by atoms with Crippen LogP contribution in [0.2, 0.25) is 0 Å². The third-order valence-electron chi connectivity index (χ3n) is 3.02. The molecule has 1 aromatic carbocycles. The summed E-state index contributed by atoms with van der Waals surface area (Å²) in [7, 11) is 0. The van der Waals surface area contributed by atoms with Crippen molar-refractivity contribution in [2.45, 2.75) is 33.4 Å². The second-order valence-corrected chi connectivity index (χ2v) is 5.26. The highest BCUT2D eigenvalue weighted by atomic mass is 19.1. The lowest BCUT2D eigenvalue weighted by Gasteiger charge is -2.25. The Morgan fingerprint density at radius 2 is 1.83 bits per heavy atom. The third-order valence-corrected chi connectivity index (χ3v) is 3.02. The van der Waals surface area contributed by atoms with Gasteiger partial charge in [0.05, 0.1) is 0 Å². The number of tetrazole rings is 1. The van der Waals surface area contributed by atoms with Crippen molar-refractivity contribution >= 4 is 17.5 Å². The average Bonchev–Trinajstić information content (AvgIpc) is 2.81. The summed E-state index contributed by atoms with van der Waals surface area (Å²) in [6.45, 7) is 4.52. The van der Waals surface area contributed by atoms with Gasteiger partial charge in [0.15, 0.2) is 5.78 Å². The molecule has 1 amide bonds. The zero-order valence-electron chi connectivity index (χ0n) is 12.9. The molecule has 0 aliphatic rings. The molecule has 0 fully saturated rings. The van der Waals surface area contributed by atoms with E-state index in [4.69, 9.17) is 0 Å². The van der Waals surface area contributed by atoms with Crippen molar-refractivity contribution in [2.75, 3.05) is 4.90 Å². The van der Waals surface area contributed by atoms with Crippen molar-refractivity contribution in [3.63, 3.8) is 0 Å². The van der Waals surface area contributed by atoms with Gasteiger partial charge in [0, 0.05) is 11.7 Å². The van der Waals surface area contributed by atoms with E-state index in [9.17, 15) is 18.8 Å². The fourth-order valence-corrected chi connectivity index (χ4v) is 2.04. The Balaban J connectivity index is 2.39. The molecule has 0 atom stereocenters. The van der Waals surface area contributed by atoms with E-state index in [0.717, 1.165) is 4.68 Å². The Hall–Kier alpha value is -2.84. The van der Waals surface area contributed by atoms with Crippen LogP contribution in [0.4, 0.5) is 14.9 Å². The van der Waals surface area contributed by atoms with Crippen LogP contribution in [-0.2, 0) is 11.3 Å². The molecule has 122 valence electrons. The Morgan fingerprint density at radius 3 is 2.35 bits per heavy atom. The maximum absolute atomic E-state index is 13.0. The molecule has 2 rings (SSSR count). The van der Waals surface area contributed by atoms with Crippen LogP contribution in [0.5, 0.6) is 0 Å². The minimum absolute atomic E-state index is 0.260. The first-order valence-electron chi connectivity index (χ1n) is 6.92. The minimum Gasteiger partial charge on any atom is -0.298 e. The van der Waals surface area contributed by atoms with Crippen molar-refractivity contribution in [3.8, 4) is 0 Å². The normalized spacial score (nSPS) is 10.8. The maximum Gasteiger partial charge on any atom is 0.372 e. The molecule has 8 nitrogen and oxygen atoms in total. The summed E-state index contributed by atoms with van der Waals surface area (Å²) in [5, 5.41) is 7.03. The lowest BCUT2D eigenvalue weighted by molar-refractivity contribution is -0.117. The number of ketones is 1. The molecule has 0 aliphatic carbocycles. The molecule has 9 heteroatoms. The Bertz CT molecular complexity index is 778. The first-order chi connectivity index (χ1) is 10.8. The van der Waals surface area contributed by atoms with Gasteiger partial charge in [-0.1, -0.05) is 0 Å². The number of carbonyl (C=O) groups is 2. The molecule has 2 aromatic rings. The molecule has 0 saturated heterocycles. The second kappa shape index (κ2) is 6.51. The number of halogens is 1. The van der Waals surface area contributed by atoms with Crippen molar-refractivity contribution in [1.82, 2.24) is 19.8 Å². The van der Waals surface area contributed by atoms with Crippen LogP contribution in [0.15, 0.2) is 29.1 Å². The van der Waals surface area contributed by atoms with Crippen molar-refractivity contribution < 1.29 is 14.0 Å². The number of hydrogen-bond donors (Lipinski definition) is 0. The van der Waals surface area contributed by atoms with E-state index in [1.807, 2.05) is 0 Å². The van der Waals surface area contributed by atoms with Gasteiger partial charge in [0.25, 0.3) is 0 Å². The molecule has 0 saturated carbocycles. The summed E-state index contributed by atoms with van der Waals surface area (Å²) in [5.74, 6) is -0.722. The highest BCUT2D eigenvalue weighted by Gasteiger charge is 2.25. The maximum atomic E-state index is 13.0. The Morgan fingerprint density at radius 1 is 1.22 bits per heavy atom. The number of benzene rings is 1. The summed E-state index contributed by atoms with van der Waals surface area (Å²) in [6.07, 6.45) is 0. The number of Topliss-reactive ketones (excluding diaryl/α,β-unsaturated/α-hetero) is 1. The molecular formula is C14H16FN5O3. The summed E-state index contributed by atoms with van der Waals surface area (Å²) in [5.41, 5.74) is -0.391. The van der Waals surface area contributed by atoms with E-state index in [0.29, 0.717) is 10.4 Å². The quantitative estimate of drug-likeness (QED) is 0.785. The first-order valence-corrected chi connectivity index (χ1v) is 6.92. The molecular weight excluding hydrogens is 305 g/mol. The predicted octanol–water partition coefficient (Wildman–Crippen LogP) is 1.05. The van der Waals surface area contributed by atoms with Gasteiger partial charge in [-0.3, -0.25) is 9.69 Å². The smallest absolute Gasteiger partial charge is 0.298 e. The summed E-state index contributed by atoms with van der Waals surface area (Å²) < 4.78 is 14.4. The molecule has 0 spiro atoms. The van der Waals surface area contributed by atoms with Gasteiger partial charge in [-0.05, 0) is 55.5 Å². The van der Waals surface area contributed by atoms with Crippen LogP contribution >= 0.6 is 0 Å². The van der Waals surface area contributed by atoms with E-state index in [1.165, 1.54) is 36.1 Å². The number of aromatic nitrogens is 4. The monoisotopic (exact) mass is 321 g/mol. The number of hydrogen-bond acceptors (Lipinski definition) is 5. The number of rotatable bonds is 4. The van der Waals surface area contributed by atoms with Crippen LogP contribution in [0.25, 0.3) is 0 Å². The van der Waals surface area contributed by atoms with Crippen LogP contribution < -0.4 is 10.6 Å². The average molecular weight is 321 g/mol. The van der Waals surface area contributed by atoms with Gasteiger partial charge in [0.1, 0.15) is 12.4 Å². The van der Waals surface area contributed by atoms with Crippen LogP contribution in [0.3, 0.4) is 0 Å². The fraction of sp³-hybridized carbons (Fsp3) is 0.357. The van der Waals surface area contributed by atoms with Crippen molar-refractivity contribution in [1.29, 1.82) is 0 Å². The van der Waals surface area contributed by atoms with Gasteiger partial charge in [-0.15, -0.1) is 4.68 Å². The molecule has 0 radical (unpaired) electrons. The lowest BCUT2D eigenvalue weighted by Crippen LogP contribution is -2.45. The molecule has 0 unspecified atom stereocenters. The largest absolute Gasteiger partial charge is 0.372 e. The summed E-state index contributed by atoms with van der Waals surface area (Å²) in [6, 6.07) is 4.25. The van der Waals surface area contributed by atoms with Gasteiger partial charge in [-0.2, -0.15) is 4.68 Å². The fourth-order valence-electron chi connectivity index (χ4n) is 2.04. The summed E-state index contributed by atoms with van der Waals surface area (Å²) in [4.78, 5) is 37.0. The Kier molecular flexibility index (Phi) is 4.68. The lowest BCUT2D eigenvalue weighted by atomic mass is 10.2. The van der Waals surface area contributed by atoms with Crippen LogP contribution in [0.1, 0.15) is 20.8 Å². The molecule has 1 aromatic heterocycles.